The summed E-state index contributed by atoms with van der Waals surface area (Å²) < 4.78 is 39.5. The normalized spacial score (nSPS) is 17.0. The van der Waals surface area contributed by atoms with E-state index in [-0.39, 0.29) is 23.0 Å². The van der Waals surface area contributed by atoms with Crippen LogP contribution in [0.4, 0.5) is 23.7 Å². The molecule has 1 saturated heterocycles. The van der Waals surface area contributed by atoms with Crippen LogP contribution in [0, 0.1) is 0 Å². The number of thioether (sulfide) groups is 1. The highest BCUT2D eigenvalue weighted by Gasteiger charge is 2.40. The highest BCUT2D eigenvalue weighted by atomic mass is 32.2. The van der Waals surface area contributed by atoms with Crippen molar-refractivity contribution in [3.8, 4) is 0 Å². The van der Waals surface area contributed by atoms with E-state index in [1.165, 1.54) is 10.5 Å². The molecule has 3 rings (SSSR count). The van der Waals surface area contributed by atoms with Crippen LogP contribution >= 0.6 is 11.8 Å². The Morgan fingerprint density at radius 1 is 1.00 bits per heavy atom. The molecule has 160 valence electrons. The number of para-hydroxylation sites is 1. The molecular formula is C22H24F3N3OS. The smallest absolute Gasteiger partial charge is 0.284 e. The maximum Gasteiger partial charge on any atom is 0.406 e. The second-order valence-electron chi connectivity index (χ2n) is 8.07. The number of amides is 2. The molecule has 0 N–H and O–H groups in total. The zero-order chi connectivity index (χ0) is 21.9. The molecule has 0 bridgehead atoms. The lowest BCUT2D eigenvalue weighted by Crippen LogP contribution is -2.53. The average molecular weight is 436 g/mol. The molecule has 0 radical (unpaired) electrons. The highest BCUT2D eigenvalue weighted by molar-refractivity contribution is 8.14. The zero-order valence-electron chi connectivity index (χ0n) is 17.1. The third kappa shape index (κ3) is 5.56. The van der Waals surface area contributed by atoms with Crippen LogP contribution in [-0.4, -0.2) is 34.7 Å². The third-order valence-corrected chi connectivity index (χ3v) is 5.63. The van der Waals surface area contributed by atoms with Crippen LogP contribution in [0.5, 0.6) is 0 Å². The predicted molar refractivity (Wildman–Crippen MR) is 116 cm³/mol. The number of urea groups is 1. The minimum Gasteiger partial charge on any atom is -0.284 e. The van der Waals surface area contributed by atoms with Crippen molar-refractivity contribution in [1.29, 1.82) is 0 Å². The van der Waals surface area contributed by atoms with Crippen molar-refractivity contribution in [2.45, 2.75) is 38.9 Å². The molecule has 0 saturated carbocycles. The Bertz CT molecular complexity index is 906. The van der Waals surface area contributed by atoms with Gasteiger partial charge in [0, 0.05) is 5.69 Å². The first-order chi connectivity index (χ1) is 14.0. The molecule has 1 aliphatic heterocycles. The number of rotatable bonds is 4. The van der Waals surface area contributed by atoms with Crippen molar-refractivity contribution in [3.63, 3.8) is 0 Å². The van der Waals surface area contributed by atoms with Crippen LogP contribution in [-0.2, 0) is 12.0 Å². The van der Waals surface area contributed by atoms with Crippen molar-refractivity contribution >= 4 is 28.6 Å². The lowest BCUT2D eigenvalue weighted by Gasteiger charge is -2.36. The zero-order valence-corrected chi connectivity index (χ0v) is 17.9. The summed E-state index contributed by atoms with van der Waals surface area (Å²) in [6.45, 7) is 5.17. The molecule has 0 atom stereocenters. The molecule has 30 heavy (non-hydrogen) atoms. The van der Waals surface area contributed by atoms with E-state index in [9.17, 15) is 18.0 Å². The molecule has 8 heteroatoms. The average Bonchev–Trinajstić information content (AvgIpc) is 2.68. The molecule has 1 fully saturated rings. The molecule has 0 aromatic heterocycles. The van der Waals surface area contributed by atoms with Gasteiger partial charge in [0.05, 0.1) is 12.4 Å². The fourth-order valence-electron chi connectivity index (χ4n) is 2.99. The van der Waals surface area contributed by atoms with Crippen LogP contribution in [0.1, 0.15) is 31.9 Å². The SMILES string of the molecule is CC(C)(C)c1ccc(C/N=C2\SCN(c3ccccc3)C(=O)N2CC(F)(F)F)cc1. The molecule has 1 heterocycles. The van der Waals surface area contributed by atoms with Crippen molar-refractivity contribution in [2.75, 3.05) is 17.3 Å². The van der Waals surface area contributed by atoms with Crippen LogP contribution in [0.25, 0.3) is 0 Å². The van der Waals surface area contributed by atoms with Gasteiger partial charge >= 0.3 is 12.2 Å². The number of benzene rings is 2. The van der Waals surface area contributed by atoms with Crippen LogP contribution < -0.4 is 4.90 Å². The van der Waals surface area contributed by atoms with Gasteiger partial charge in [-0.2, -0.15) is 13.2 Å². The molecule has 0 aliphatic carbocycles. The first kappa shape index (κ1) is 22.2. The van der Waals surface area contributed by atoms with Crippen molar-refractivity contribution in [3.05, 3.63) is 65.7 Å². The maximum atomic E-state index is 13.2. The minimum atomic E-state index is -4.52. The topological polar surface area (TPSA) is 35.9 Å². The fraction of sp³-hybridized carbons (Fsp3) is 0.364. The van der Waals surface area contributed by atoms with Gasteiger partial charge in [0.2, 0.25) is 0 Å². The Balaban J connectivity index is 1.81. The number of alkyl halides is 3. The van der Waals surface area contributed by atoms with Crippen molar-refractivity contribution in [1.82, 2.24) is 4.90 Å². The highest BCUT2D eigenvalue weighted by Crippen LogP contribution is 2.29. The van der Waals surface area contributed by atoms with Gasteiger partial charge in [-0.1, -0.05) is 75.0 Å². The summed E-state index contributed by atoms with van der Waals surface area (Å²) in [5.41, 5.74) is 2.61. The standard InChI is InChI=1S/C22H24F3N3OS/c1-21(2,3)17-11-9-16(10-12-17)13-26-19-27(14-22(23,24)25)20(29)28(15-30-19)18-7-5-4-6-8-18/h4-12H,13-15H2,1-3H3/b26-19-. The first-order valence-electron chi connectivity index (χ1n) is 9.52. The number of hydrogen-bond acceptors (Lipinski definition) is 3. The monoisotopic (exact) mass is 435 g/mol. The minimum absolute atomic E-state index is 0.0144. The lowest BCUT2D eigenvalue weighted by atomic mass is 9.87. The van der Waals surface area contributed by atoms with E-state index >= 15 is 0 Å². The second-order valence-corrected chi connectivity index (χ2v) is 8.98. The third-order valence-electron chi connectivity index (χ3n) is 4.64. The predicted octanol–water partition coefficient (Wildman–Crippen LogP) is 6.04. The summed E-state index contributed by atoms with van der Waals surface area (Å²) in [5, 5.41) is 0.0874. The van der Waals surface area contributed by atoms with E-state index in [2.05, 4.69) is 25.8 Å². The molecule has 1 aliphatic rings. The number of aliphatic imine (C=N–C) groups is 1. The Morgan fingerprint density at radius 2 is 1.63 bits per heavy atom. The van der Waals surface area contributed by atoms with Gasteiger partial charge in [-0.15, -0.1) is 0 Å². The number of carbonyl (C=O) groups excluding carboxylic acids is 1. The fourth-order valence-corrected chi connectivity index (χ4v) is 3.95. The first-order valence-corrected chi connectivity index (χ1v) is 10.5. The second kappa shape index (κ2) is 8.71. The number of carbonyl (C=O) groups is 1. The van der Waals surface area contributed by atoms with Gasteiger partial charge in [-0.05, 0) is 28.7 Å². The summed E-state index contributed by atoms with van der Waals surface area (Å²) in [6.07, 6.45) is -4.52. The van der Waals surface area contributed by atoms with Crippen LogP contribution in [0.2, 0.25) is 0 Å². The summed E-state index contributed by atoms with van der Waals surface area (Å²) in [5.74, 6) is 0.207. The number of hydrogen-bond donors (Lipinski definition) is 0. The lowest BCUT2D eigenvalue weighted by molar-refractivity contribution is -0.133. The summed E-state index contributed by atoms with van der Waals surface area (Å²) >= 11 is 1.13. The van der Waals surface area contributed by atoms with E-state index in [1.807, 2.05) is 24.3 Å². The summed E-state index contributed by atoms with van der Waals surface area (Å²) in [4.78, 5) is 19.2. The maximum absolute atomic E-state index is 13.2. The van der Waals surface area contributed by atoms with E-state index in [4.69, 9.17) is 0 Å². The molecule has 0 unspecified atom stereocenters. The molecule has 2 amide bonds. The van der Waals surface area contributed by atoms with Gasteiger partial charge < -0.3 is 0 Å². The molecule has 0 spiro atoms. The van der Waals surface area contributed by atoms with Crippen molar-refractivity contribution in [2.24, 2.45) is 4.99 Å². The Morgan fingerprint density at radius 3 is 2.20 bits per heavy atom. The molecule has 4 nitrogen and oxygen atoms in total. The summed E-state index contributed by atoms with van der Waals surface area (Å²) in [6, 6.07) is 15.8. The number of nitrogens with zero attached hydrogens (tertiary/aromatic N) is 3. The van der Waals surface area contributed by atoms with E-state index in [0.717, 1.165) is 17.3 Å². The van der Waals surface area contributed by atoms with Crippen LogP contribution in [0.15, 0.2) is 59.6 Å². The summed E-state index contributed by atoms with van der Waals surface area (Å²) in [7, 11) is 0. The molecule has 2 aromatic carbocycles. The van der Waals surface area contributed by atoms with Gasteiger partial charge in [0.25, 0.3) is 0 Å². The Hall–Kier alpha value is -2.48. The van der Waals surface area contributed by atoms with Gasteiger partial charge in [0.15, 0.2) is 5.17 Å². The van der Waals surface area contributed by atoms with E-state index in [1.54, 1.807) is 30.3 Å². The number of amidine groups is 1. The number of halogens is 3. The van der Waals surface area contributed by atoms with Gasteiger partial charge in [-0.25, -0.2) is 4.79 Å². The molecular weight excluding hydrogens is 411 g/mol. The number of anilines is 1. The quantitative estimate of drug-likeness (QED) is 0.587. The van der Waals surface area contributed by atoms with Gasteiger partial charge in [0.1, 0.15) is 6.54 Å². The Labute approximate surface area is 178 Å². The van der Waals surface area contributed by atoms with Gasteiger partial charge in [-0.3, -0.25) is 14.8 Å². The molecule has 2 aromatic rings. The largest absolute Gasteiger partial charge is 0.406 e. The van der Waals surface area contributed by atoms with E-state index in [0.29, 0.717) is 10.6 Å². The Kier molecular flexibility index (Phi) is 6.45. The van der Waals surface area contributed by atoms with Crippen molar-refractivity contribution < 1.29 is 18.0 Å². The van der Waals surface area contributed by atoms with E-state index < -0.39 is 18.8 Å². The van der Waals surface area contributed by atoms with Crippen LogP contribution in [0.3, 0.4) is 0 Å².